The van der Waals surface area contributed by atoms with Crippen LogP contribution in [0.25, 0.3) is 0 Å². The van der Waals surface area contributed by atoms with Gasteiger partial charge in [0.2, 0.25) is 0 Å². The van der Waals surface area contributed by atoms with Gasteiger partial charge in [-0.3, -0.25) is 14.4 Å². The summed E-state index contributed by atoms with van der Waals surface area (Å²) in [7, 11) is 1.72. The Morgan fingerprint density at radius 3 is 3.08 bits per heavy atom. The van der Waals surface area contributed by atoms with E-state index in [0.717, 1.165) is 10.4 Å². The number of aromatic nitrogens is 3. The molecule has 26 heavy (non-hydrogen) atoms. The summed E-state index contributed by atoms with van der Waals surface area (Å²) in [6, 6.07) is 7.67. The Kier molecular flexibility index (Phi) is 4.42. The summed E-state index contributed by atoms with van der Waals surface area (Å²) in [5.41, 5.74) is 0.744. The van der Waals surface area contributed by atoms with Gasteiger partial charge in [-0.15, -0.1) is 11.3 Å². The maximum Gasteiger partial charge on any atom is 0.269 e. The van der Waals surface area contributed by atoms with Crippen molar-refractivity contribution in [2.45, 2.75) is 19.1 Å². The summed E-state index contributed by atoms with van der Waals surface area (Å²) in [6.45, 7) is 0.504. The number of rotatable bonds is 3. The summed E-state index contributed by atoms with van der Waals surface area (Å²) in [5, 5.41) is 6.11. The van der Waals surface area contributed by atoms with Crippen molar-refractivity contribution in [3.8, 4) is 17.6 Å². The third-order valence-electron chi connectivity index (χ3n) is 4.03. The Morgan fingerprint density at radius 1 is 1.38 bits per heavy atom. The van der Waals surface area contributed by atoms with Gasteiger partial charge in [-0.2, -0.15) is 5.10 Å². The number of fused-ring (bicyclic) bond motifs is 1. The van der Waals surface area contributed by atoms with Gasteiger partial charge in [0.05, 0.1) is 0 Å². The van der Waals surface area contributed by atoms with Crippen molar-refractivity contribution in [3.63, 3.8) is 0 Å². The minimum atomic E-state index is -0.541. The van der Waals surface area contributed by atoms with Crippen LogP contribution in [0.5, 0.6) is 5.75 Å². The van der Waals surface area contributed by atoms with E-state index in [9.17, 15) is 4.79 Å². The molecule has 0 N–H and O–H groups in total. The summed E-state index contributed by atoms with van der Waals surface area (Å²) in [6.07, 6.45) is 5.24. The van der Waals surface area contributed by atoms with Crippen LogP contribution in [0.4, 0.5) is 5.82 Å². The van der Waals surface area contributed by atoms with Crippen LogP contribution in [0.2, 0.25) is 0 Å². The average Bonchev–Trinajstić information content (AvgIpc) is 3.33. The highest BCUT2D eigenvalue weighted by Crippen LogP contribution is 2.32. The molecular weight excluding hydrogens is 348 g/mol. The maximum absolute atomic E-state index is 12.5. The van der Waals surface area contributed by atoms with E-state index in [4.69, 9.17) is 4.74 Å². The van der Waals surface area contributed by atoms with E-state index in [1.807, 2.05) is 35.8 Å². The Balaban J connectivity index is 1.54. The lowest BCUT2D eigenvalue weighted by atomic mass is 10.1. The molecule has 130 valence electrons. The van der Waals surface area contributed by atoms with Gasteiger partial charge >= 0.3 is 0 Å². The number of amides is 1. The monoisotopic (exact) mass is 364 g/mol. The molecule has 3 aromatic rings. The van der Waals surface area contributed by atoms with Gasteiger partial charge in [0.25, 0.3) is 5.91 Å². The van der Waals surface area contributed by atoms with Gasteiger partial charge in [0.15, 0.2) is 17.7 Å². The lowest BCUT2D eigenvalue weighted by Crippen LogP contribution is -2.45. The lowest BCUT2D eigenvalue weighted by Gasteiger charge is -2.30. The molecular formula is C19H16N4O2S. The lowest BCUT2D eigenvalue weighted by molar-refractivity contribution is -0.126. The normalized spacial score (nSPS) is 15.8. The predicted octanol–water partition coefficient (Wildman–Crippen LogP) is 2.36. The maximum atomic E-state index is 12.5. The first-order chi connectivity index (χ1) is 12.7. The number of carbonyl (C=O) groups is 1. The SMILES string of the molecule is CN1C(=O)C(Cc2cccs2)Oc2cc(C#CCn3cccn3)cnc21. The van der Waals surface area contributed by atoms with Crippen molar-refractivity contribution < 1.29 is 9.53 Å². The largest absolute Gasteiger partial charge is 0.476 e. The molecule has 0 aromatic carbocycles. The van der Waals surface area contributed by atoms with Gasteiger partial charge in [-0.25, -0.2) is 4.98 Å². The standard InChI is InChI=1S/C19H16N4O2S/c1-22-18-16(25-17(19(22)24)12-15-6-3-10-26-15)11-14(13-20-18)5-2-8-23-9-4-7-21-23/h3-4,6-7,9-11,13,17H,8,12H2,1H3. The van der Waals surface area contributed by atoms with Crippen molar-refractivity contribution >= 4 is 23.1 Å². The fourth-order valence-electron chi connectivity index (χ4n) is 2.73. The molecule has 0 spiro atoms. The first-order valence-electron chi connectivity index (χ1n) is 8.13. The summed E-state index contributed by atoms with van der Waals surface area (Å²) in [5.74, 6) is 7.14. The molecule has 3 aromatic heterocycles. The molecule has 1 aliphatic rings. The zero-order valence-corrected chi connectivity index (χ0v) is 14.9. The van der Waals surface area contributed by atoms with E-state index in [2.05, 4.69) is 21.9 Å². The second kappa shape index (κ2) is 7.02. The molecule has 7 heteroatoms. The molecule has 0 saturated heterocycles. The highest BCUT2D eigenvalue weighted by Gasteiger charge is 2.33. The number of pyridine rings is 1. The van der Waals surface area contributed by atoms with Crippen molar-refractivity contribution in [2.75, 3.05) is 11.9 Å². The number of anilines is 1. The number of thiophene rings is 1. The molecule has 4 heterocycles. The van der Waals surface area contributed by atoms with Crippen molar-refractivity contribution in [1.29, 1.82) is 0 Å². The third kappa shape index (κ3) is 3.32. The van der Waals surface area contributed by atoms with Crippen LogP contribution in [0, 0.1) is 11.8 Å². The molecule has 1 unspecified atom stereocenters. The Morgan fingerprint density at radius 2 is 2.31 bits per heavy atom. The minimum absolute atomic E-state index is 0.0871. The summed E-state index contributed by atoms with van der Waals surface area (Å²) < 4.78 is 7.70. The van der Waals surface area contributed by atoms with Gasteiger partial charge in [0, 0.05) is 48.6 Å². The Hall–Kier alpha value is -3.11. The second-order valence-corrected chi connectivity index (χ2v) is 6.87. The Bertz CT molecular complexity index is 971. The number of hydrogen-bond donors (Lipinski definition) is 0. The number of hydrogen-bond acceptors (Lipinski definition) is 5. The molecule has 0 saturated carbocycles. The van der Waals surface area contributed by atoms with Crippen LogP contribution in [0.15, 0.2) is 48.2 Å². The Labute approximate surface area is 155 Å². The van der Waals surface area contributed by atoms with Crippen molar-refractivity contribution in [3.05, 3.63) is 58.7 Å². The summed E-state index contributed by atoms with van der Waals surface area (Å²) >= 11 is 1.62. The quantitative estimate of drug-likeness (QED) is 0.670. The zero-order chi connectivity index (χ0) is 17.9. The first-order valence-corrected chi connectivity index (χ1v) is 9.01. The molecule has 0 aliphatic carbocycles. The van der Waals surface area contributed by atoms with E-state index in [1.165, 1.54) is 0 Å². The van der Waals surface area contributed by atoms with E-state index < -0.39 is 6.10 Å². The third-order valence-corrected chi connectivity index (χ3v) is 4.92. The average molecular weight is 364 g/mol. The van der Waals surface area contributed by atoms with Crippen LogP contribution < -0.4 is 9.64 Å². The van der Waals surface area contributed by atoms with Crippen LogP contribution in [0.3, 0.4) is 0 Å². The highest BCUT2D eigenvalue weighted by molar-refractivity contribution is 7.09. The minimum Gasteiger partial charge on any atom is -0.476 e. The molecule has 1 amide bonds. The molecule has 0 radical (unpaired) electrons. The molecule has 0 bridgehead atoms. The van der Waals surface area contributed by atoms with Crippen molar-refractivity contribution in [2.24, 2.45) is 0 Å². The fourth-order valence-corrected chi connectivity index (χ4v) is 3.46. The van der Waals surface area contributed by atoms with Crippen LogP contribution >= 0.6 is 11.3 Å². The van der Waals surface area contributed by atoms with E-state index in [0.29, 0.717) is 24.5 Å². The molecule has 6 nitrogen and oxygen atoms in total. The smallest absolute Gasteiger partial charge is 0.269 e. The van der Waals surface area contributed by atoms with E-state index >= 15 is 0 Å². The van der Waals surface area contributed by atoms with E-state index in [1.54, 1.807) is 40.4 Å². The number of likely N-dealkylation sites (N-methyl/N-ethyl adjacent to an activating group) is 1. The number of ether oxygens (including phenoxy) is 1. The number of carbonyl (C=O) groups excluding carboxylic acids is 1. The summed E-state index contributed by atoms with van der Waals surface area (Å²) in [4.78, 5) is 19.6. The van der Waals surface area contributed by atoms with Gasteiger partial charge < -0.3 is 4.74 Å². The predicted molar refractivity (Wildman–Crippen MR) is 99.2 cm³/mol. The van der Waals surface area contributed by atoms with Crippen LogP contribution in [-0.4, -0.2) is 33.8 Å². The first kappa shape index (κ1) is 16.4. The van der Waals surface area contributed by atoms with Gasteiger partial charge in [-0.05, 0) is 17.5 Å². The molecule has 4 rings (SSSR count). The zero-order valence-electron chi connectivity index (χ0n) is 14.1. The van der Waals surface area contributed by atoms with Gasteiger partial charge in [-0.1, -0.05) is 17.9 Å². The highest BCUT2D eigenvalue weighted by atomic mass is 32.1. The van der Waals surface area contributed by atoms with E-state index in [-0.39, 0.29) is 5.91 Å². The number of nitrogens with zero attached hydrogens (tertiary/aromatic N) is 4. The molecule has 1 aliphatic heterocycles. The molecule has 0 fully saturated rings. The second-order valence-electron chi connectivity index (χ2n) is 5.84. The van der Waals surface area contributed by atoms with Crippen LogP contribution in [0.1, 0.15) is 10.4 Å². The topological polar surface area (TPSA) is 60.2 Å². The molecule has 1 atom stereocenters. The van der Waals surface area contributed by atoms with Crippen molar-refractivity contribution in [1.82, 2.24) is 14.8 Å². The van der Waals surface area contributed by atoms with Crippen LogP contribution in [-0.2, 0) is 17.8 Å². The fraction of sp³-hybridized carbons (Fsp3) is 0.211. The van der Waals surface area contributed by atoms with Gasteiger partial charge in [0.1, 0.15) is 6.54 Å².